The fraction of sp³-hybridized carbons (Fsp3) is 0.400. The number of benzene rings is 1. The molecule has 0 saturated carbocycles. The first-order valence-corrected chi connectivity index (χ1v) is 8.88. The number of nitro benzene ring substituents is 1. The van der Waals surface area contributed by atoms with E-state index >= 15 is 0 Å². The Balaban J connectivity index is 2.78. The lowest BCUT2D eigenvalue weighted by Crippen LogP contribution is -2.38. The molecule has 1 atom stereocenters. The summed E-state index contributed by atoms with van der Waals surface area (Å²) < 4.78 is 23.2. The van der Waals surface area contributed by atoms with Gasteiger partial charge in [-0.1, -0.05) is 19.1 Å². The van der Waals surface area contributed by atoms with Crippen molar-refractivity contribution in [2.45, 2.75) is 19.9 Å². The lowest BCUT2D eigenvalue weighted by molar-refractivity contribution is -0.384. The molecule has 23 heavy (non-hydrogen) atoms. The van der Waals surface area contributed by atoms with Gasteiger partial charge < -0.3 is 4.90 Å². The Kier molecular flexibility index (Phi) is 6.44. The number of amides is 1. The molecular weight excluding hydrogens is 320 g/mol. The average Bonchev–Trinajstić information content (AvgIpc) is 2.51. The first kappa shape index (κ1) is 18.8. The Labute approximate surface area is 135 Å². The maximum atomic E-state index is 12.1. The van der Waals surface area contributed by atoms with Crippen molar-refractivity contribution in [2.24, 2.45) is 0 Å². The maximum Gasteiger partial charge on any atom is 0.270 e. The van der Waals surface area contributed by atoms with Crippen LogP contribution in [0.4, 0.5) is 5.69 Å². The standard InChI is InChI=1S/C15H20N2O5S/c1-4-23(21,22)11-12(2)16(3)15(18)9-8-13-6-5-7-14(10-13)17(19)20/h5-10,12H,4,11H2,1-3H3/b9-8+/t12-/m0/s1. The SMILES string of the molecule is CCS(=O)(=O)C[C@H](C)N(C)C(=O)/C=C/c1cccc([N+](=O)[O-])c1. The molecule has 0 heterocycles. The molecule has 0 saturated heterocycles. The topological polar surface area (TPSA) is 97.6 Å². The van der Waals surface area contributed by atoms with Gasteiger partial charge >= 0.3 is 0 Å². The summed E-state index contributed by atoms with van der Waals surface area (Å²) in [7, 11) is -1.65. The van der Waals surface area contributed by atoms with Gasteiger partial charge in [0.2, 0.25) is 5.91 Å². The smallest absolute Gasteiger partial charge is 0.270 e. The van der Waals surface area contributed by atoms with Crippen molar-refractivity contribution in [3.05, 3.63) is 46.0 Å². The van der Waals surface area contributed by atoms with Crippen LogP contribution in [0.15, 0.2) is 30.3 Å². The van der Waals surface area contributed by atoms with Crippen molar-refractivity contribution in [1.82, 2.24) is 4.90 Å². The molecular formula is C15H20N2O5S. The van der Waals surface area contributed by atoms with Crippen molar-refractivity contribution in [3.63, 3.8) is 0 Å². The molecule has 0 aliphatic rings. The van der Waals surface area contributed by atoms with E-state index in [-0.39, 0.29) is 23.1 Å². The number of carbonyl (C=O) groups excluding carboxylic acids is 1. The van der Waals surface area contributed by atoms with E-state index in [1.807, 2.05) is 0 Å². The number of rotatable bonds is 7. The van der Waals surface area contributed by atoms with Gasteiger partial charge in [0.15, 0.2) is 9.84 Å². The Morgan fingerprint density at radius 2 is 2.09 bits per heavy atom. The van der Waals surface area contributed by atoms with E-state index < -0.39 is 20.8 Å². The molecule has 0 aliphatic heterocycles. The third-order valence-corrected chi connectivity index (χ3v) is 5.31. The monoisotopic (exact) mass is 340 g/mol. The summed E-state index contributed by atoms with van der Waals surface area (Å²) in [5, 5.41) is 10.7. The molecule has 0 N–H and O–H groups in total. The van der Waals surface area contributed by atoms with Crippen LogP contribution in [-0.2, 0) is 14.6 Å². The number of nitrogens with zero attached hydrogens (tertiary/aromatic N) is 2. The zero-order valence-corrected chi connectivity index (χ0v) is 14.1. The lowest BCUT2D eigenvalue weighted by atomic mass is 10.2. The fourth-order valence-corrected chi connectivity index (χ4v) is 3.04. The van der Waals surface area contributed by atoms with Gasteiger partial charge in [0.25, 0.3) is 5.69 Å². The van der Waals surface area contributed by atoms with Crippen molar-refractivity contribution in [3.8, 4) is 0 Å². The van der Waals surface area contributed by atoms with Crippen LogP contribution >= 0.6 is 0 Å². The van der Waals surface area contributed by atoms with Gasteiger partial charge in [0.05, 0.1) is 10.7 Å². The van der Waals surface area contributed by atoms with Crippen LogP contribution in [0.2, 0.25) is 0 Å². The molecule has 1 rings (SSSR count). The van der Waals surface area contributed by atoms with Gasteiger partial charge in [-0.3, -0.25) is 14.9 Å². The van der Waals surface area contributed by atoms with Crippen molar-refractivity contribution in [2.75, 3.05) is 18.6 Å². The fourth-order valence-electron chi connectivity index (χ4n) is 1.84. The molecule has 0 aliphatic carbocycles. The molecule has 0 fully saturated rings. The van der Waals surface area contributed by atoms with E-state index in [0.29, 0.717) is 5.56 Å². The van der Waals surface area contributed by atoms with Crippen molar-refractivity contribution < 1.29 is 18.1 Å². The molecule has 0 unspecified atom stereocenters. The molecule has 1 aromatic rings. The molecule has 126 valence electrons. The van der Waals surface area contributed by atoms with Gasteiger partial charge in [0, 0.05) is 37.1 Å². The number of sulfone groups is 1. The number of carbonyl (C=O) groups is 1. The second-order valence-corrected chi connectivity index (χ2v) is 7.58. The highest BCUT2D eigenvalue weighted by molar-refractivity contribution is 7.91. The lowest BCUT2D eigenvalue weighted by Gasteiger charge is -2.23. The summed E-state index contributed by atoms with van der Waals surface area (Å²) in [6.07, 6.45) is 2.74. The number of hydrogen-bond donors (Lipinski definition) is 0. The van der Waals surface area contributed by atoms with Crippen LogP contribution in [0, 0.1) is 10.1 Å². The molecule has 0 radical (unpaired) electrons. The summed E-state index contributed by atoms with van der Waals surface area (Å²) in [4.78, 5) is 23.6. The first-order valence-electron chi connectivity index (χ1n) is 7.06. The van der Waals surface area contributed by atoms with Gasteiger partial charge in [-0.2, -0.15) is 0 Å². The summed E-state index contributed by atoms with van der Waals surface area (Å²) in [6.45, 7) is 3.22. The normalized spacial score (nSPS) is 13.0. The molecule has 8 heteroatoms. The average molecular weight is 340 g/mol. The Hall–Kier alpha value is -2.22. The molecule has 0 spiro atoms. The minimum absolute atomic E-state index is 0.0306. The van der Waals surface area contributed by atoms with Crippen LogP contribution in [0.3, 0.4) is 0 Å². The largest absolute Gasteiger partial charge is 0.338 e. The second kappa shape index (κ2) is 7.87. The van der Waals surface area contributed by atoms with Crippen molar-refractivity contribution in [1.29, 1.82) is 0 Å². The summed E-state index contributed by atoms with van der Waals surface area (Å²) in [5.41, 5.74) is 0.463. The number of non-ortho nitro benzene ring substituents is 1. The van der Waals surface area contributed by atoms with Crippen LogP contribution in [-0.4, -0.2) is 48.7 Å². The maximum absolute atomic E-state index is 12.1. The number of hydrogen-bond acceptors (Lipinski definition) is 5. The summed E-state index contributed by atoms with van der Waals surface area (Å²) in [5.74, 6) is -0.436. The zero-order valence-electron chi connectivity index (χ0n) is 13.3. The number of likely N-dealkylation sites (N-methyl/N-ethyl adjacent to an activating group) is 1. The predicted molar refractivity (Wildman–Crippen MR) is 88.7 cm³/mol. The van der Waals surface area contributed by atoms with Crippen molar-refractivity contribution >= 4 is 27.5 Å². The highest BCUT2D eigenvalue weighted by atomic mass is 32.2. The molecule has 1 amide bonds. The summed E-state index contributed by atoms with van der Waals surface area (Å²) >= 11 is 0. The van der Waals surface area contributed by atoms with Gasteiger partial charge in [0.1, 0.15) is 0 Å². The van der Waals surface area contributed by atoms with Crippen LogP contribution in [0.1, 0.15) is 19.4 Å². The predicted octanol–water partition coefficient (Wildman–Crippen LogP) is 1.89. The highest BCUT2D eigenvalue weighted by Crippen LogP contribution is 2.14. The van der Waals surface area contributed by atoms with Gasteiger partial charge in [-0.05, 0) is 18.6 Å². The van der Waals surface area contributed by atoms with Crippen LogP contribution in [0.5, 0.6) is 0 Å². The number of nitro groups is 1. The molecule has 0 aromatic heterocycles. The third-order valence-electron chi connectivity index (χ3n) is 3.44. The van der Waals surface area contributed by atoms with E-state index in [4.69, 9.17) is 0 Å². The zero-order chi connectivity index (χ0) is 17.6. The molecule has 0 bridgehead atoms. The Bertz CT molecular complexity index is 712. The van der Waals surface area contributed by atoms with Crippen LogP contribution < -0.4 is 0 Å². The Morgan fingerprint density at radius 1 is 1.43 bits per heavy atom. The van der Waals surface area contributed by atoms with Gasteiger partial charge in [-0.15, -0.1) is 0 Å². The Morgan fingerprint density at radius 3 is 2.65 bits per heavy atom. The molecule has 7 nitrogen and oxygen atoms in total. The third kappa shape index (κ3) is 5.82. The first-order chi connectivity index (χ1) is 10.7. The van der Waals surface area contributed by atoms with E-state index in [1.54, 1.807) is 19.9 Å². The summed E-state index contributed by atoms with van der Waals surface area (Å²) in [6, 6.07) is 5.43. The second-order valence-electron chi connectivity index (χ2n) is 5.18. The van der Waals surface area contributed by atoms with Crippen LogP contribution in [0.25, 0.3) is 6.08 Å². The quantitative estimate of drug-likeness (QED) is 0.429. The molecule has 1 aromatic carbocycles. The van der Waals surface area contributed by atoms with E-state index in [1.165, 1.54) is 42.3 Å². The van der Waals surface area contributed by atoms with E-state index in [0.717, 1.165) is 0 Å². The minimum atomic E-state index is -3.17. The minimum Gasteiger partial charge on any atom is -0.338 e. The van der Waals surface area contributed by atoms with Gasteiger partial charge in [-0.25, -0.2) is 8.42 Å². The van der Waals surface area contributed by atoms with E-state index in [2.05, 4.69) is 0 Å². The van der Waals surface area contributed by atoms with E-state index in [9.17, 15) is 23.3 Å². The highest BCUT2D eigenvalue weighted by Gasteiger charge is 2.19.